The van der Waals surface area contributed by atoms with Crippen LogP contribution < -0.4 is 4.74 Å². The van der Waals surface area contributed by atoms with E-state index in [1.165, 1.54) is 0 Å². The Balaban J connectivity index is 1.74. The zero-order valence-corrected chi connectivity index (χ0v) is 13.3. The van der Waals surface area contributed by atoms with E-state index in [1.807, 2.05) is 4.90 Å². The Labute approximate surface area is 135 Å². The number of hydrogen-bond donors (Lipinski definition) is 0. The van der Waals surface area contributed by atoms with Gasteiger partial charge >= 0.3 is 0 Å². The molecule has 2 heterocycles. The minimum Gasteiger partial charge on any atom is -0.497 e. The first-order valence-electron chi connectivity index (χ1n) is 8.09. The Morgan fingerprint density at radius 2 is 1.96 bits per heavy atom. The van der Waals surface area contributed by atoms with Gasteiger partial charge in [-0.3, -0.25) is 14.4 Å². The molecule has 0 aliphatic carbocycles. The van der Waals surface area contributed by atoms with Crippen LogP contribution in [0.1, 0.15) is 42.5 Å². The molecule has 23 heavy (non-hydrogen) atoms. The highest BCUT2D eigenvalue weighted by Crippen LogP contribution is 2.32. The first-order chi connectivity index (χ1) is 11.1. The van der Waals surface area contributed by atoms with Crippen molar-refractivity contribution in [1.29, 1.82) is 0 Å². The van der Waals surface area contributed by atoms with Gasteiger partial charge in [0.2, 0.25) is 5.91 Å². The predicted molar refractivity (Wildman–Crippen MR) is 84.4 cm³/mol. The zero-order valence-electron chi connectivity index (χ0n) is 13.3. The van der Waals surface area contributed by atoms with Crippen molar-refractivity contribution in [2.24, 2.45) is 5.92 Å². The summed E-state index contributed by atoms with van der Waals surface area (Å²) in [6, 6.07) is 6.83. The average Bonchev–Trinajstić information content (AvgIpc) is 2.57. The second-order valence-corrected chi connectivity index (χ2v) is 6.23. The Morgan fingerprint density at radius 1 is 1.22 bits per heavy atom. The standard InChI is InChI=1S/C18H21NO4/c1-23-13-7-5-12(6-8-13)17(21)11-14-15-3-2-4-18(22)19(15)10-9-16(14)20/h5-8,14-15H,2-4,9-11H2,1H3/t14?,15-/m1/s1. The molecule has 0 N–H and O–H groups in total. The largest absolute Gasteiger partial charge is 0.497 e. The first-order valence-corrected chi connectivity index (χ1v) is 8.09. The van der Waals surface area contributed by atoms with Gasteiger partial charge in [-0.05, 0) is 37.1 Å². The van der Waals surface area contributed by atoms with Crippen molar-refractivity contribution in [2.45, 2.75) is 38.1 Å². The lowest BCUT2D eigenvalue weighted by atomic mass is 9.79. The number of ether oxygens (including phenoxy) is 1. The number of fused-ring (bicyclic) bond motifs is 1. The number of hydrogen-bond acceptors (Lipinski definition) is 4. The summed E-state index contributed by atoms with van der Waals surface area (Å²) in [5.41, 5.74) is 0.581. The van der Waals surface area contributed by atoms with Gasteiger partial charge in [-0.25, -0.2) is 0 Å². The van der Waals surface area contributed by atoms with Crippen LogP contribution in [0.25, 0.3) is 0 Å². The van der Waals surface area contributed by atoms with Crippen LogP contribution in [-0.2, 0) is 9.59 Å². The van der Waals surface area contributed by atoms with E-state index in [1.54, 1.807) is 31.4 Å². The molecule has 0 saturated carbocycles. The normalized spacial score (nSPS) is 24.3. The molecule has 1 aromatic carbocycles. The topological polar surface area (TPSA) is 63.7 Å². The maximum Gasteiger partial charge on any atom is 0.222 e. The van der Waals surface area contributed by atoms with Gasteiger partial charge in [-0.2, -0.15) is 0 Å². The molecule has 3 rings (SSSR count). The Kier molecular flexibility index (Phi) is 4.46. The molecule has 1 unspecified atom stereocenters. The summed E-state index contributed by atoms with van der Waals surface area (Å²) in [6.07, 6.45) is 2.73. The molecule has 1 aromatic rings. The second kappa shape index (κ2) is 6.52. The Morgan fingerprint density at radius 3 is 2.65 bits per heavy atom. The summed E-state index contributed by atoms with van der Waals surface area (Å²) in [6.45, 7) is 0.509. The van der Waals surface area contributed by atoms with Gasteiger partial charge in [-0.1, -0.05) is 0 Å². The van der Waals surface area contributed by atoms with Crippen LogP contribution in [0.15, 0.2) is 24.3 Å². The number of benzene rings is 1. The van der Waals surface area contributed by atoms with Gasteiger partial charge in [0.1, 0.15) is 11.5 Å². The molecule has 5 nitrogen and oxygen atoms in total. The fourth-order valence-electron chi connectivity index (χ4n) is 3.63. The molecular weight excluding hydrogens is 294 g/mol. The Bertz CT molecular complexity index is 622. The third-order valence-corrected chi connectivity index (χ3v) is 4.91. The third-order valence-electron chi connectivity index (χ3n) is 4.91. The van der Waals surface area contributed by atoms with Gasteiger partial charge in [0.15, 0.2) is 5.78 Å². The lowest BCUT2D eigenvalue weighted by molar-refractivity contribution is -0.145. The van der Waals surface area contributed by atoms with Crippen LogP contribution in [0.5, 0.6) is 5.75 Å². The van der Waals surface area contributed by atoms with Gasteiger partial charge in [0.05, 0.1) is 7.11 Å². The van der Waals surface area contributed by atoms with Gasteiger partial charge in [-0.15, -0.1) is 0 Å². The SMILES string of the molecule is COc1ccc(C(=O)CC2C(=O)CCN3C(=O)CCC[C@H]23)cc1. The predicted octanol–water partition coefficient (Wildman–Crippen LogP) is 2.24. The van der Waals surface area contributed by atoms with E-state index in [9.17, 15) is 14.4 Å². The lowest BCUT2D eigenvalue weighted by Gasteiger charge is -2.43. The molecule has 122 valence electrons. The van der Waals surface area contributed by atoms with Crippen molar-refractivity contribution in [1.82, 2.24) is 4.90 Å². The van der Waals surface area contributed by atoms with Crippen LogP contribution in [-0.4, -0.2) is 42.1 Å². The fraction of sp³-hybridized carbons (Fsp3) is 0.500. The monoisotopic (exact) mass is 315 g/mol. The summed E-state index contributed by atoms with van der Waals surface area (Å²) in [4.78, 5) is 38.7. The van der Waals surface area contributed by atoms with E-state index >= 15 is 0 Å². The van der Waals surface area contributed by atoms with Crippen LogP contribution in [0, 0.1) is 5.92 Å². The number of amides is 1. The van der Waals surface area contributed by atoms with Crippen molar-refractivity contribution in [3.8, 4) is 5.75 Å². The molecule has 0 aromatic heterocycles. The summed E-state index contributed by atoms with van der Waals surface area (Å²) in [5.74, 6) is 0.520. The number of ketones is 2. The van der Waals surface area contributed by atoms with Crippen LogP contribution in [0.2, 0.25) is 0 Å². The summed E-state index contributed by atoms with van der Waals surface area (Å²) >= 11 is 0. The van der Waals surface area contributed by atoms with Gasteiger partial charge in [0.25, 0.3) is 0 Å². The third kappa shape index (κ3) is 3.14. The van der Waals surface area contributed by atoms with Crippen molar-refractivity contribution < 1.29 is 19.1 Å². The molecule has 0 radical (unpaired) electrons. The molecule has 0 bridgehead atoms. The van der Waals surface area contributed by atoms with Crippen molar-refractivity contribution in [3.63, 3.8) is 0 Å². The number of Topliss-reactive ketones (excluding diaryl/α,β-unsaturated/α-hetero) is 2. The summed E-state index contributed by atoms with van der Waals surface area (Å²) < 4.78 is 5.09. The highest BCUT2D eigenvalue weighted by molar-refractivity contribution is 5.99. The number of carbonyl (C=O) groups excluding carboxylic acids is 3. The number of piperidine rings is 2. The van der Waals surface area contributed by atoms with E-state index in [4.69, 9.17) is 4.74 Å². The summed E-state index contributed by atoms with van der Waals surface area (Å²) in [5, 5.41) is 0. The Hall–Kier alpha value is -2.17. The van der Waals surface area contributed by atoms with Crippen molar-refractivity contribution >= 4 is 17.5 Å². The van der Waals surface area contributed by atoms with Crippen LogP contribution in [0.4, 0.5) is 0 Å². The average molecular weight is 315 g/mol. The number of rotatable bonds is 4. The highest BCUT2D eigenvalue weighted by Gasteiger charge is 2.41. The molecule has 2 aliphatic heterocycles. The fourth-order valence-corrected chi connectivity index (χ4v) is 3.63. The molecule has 2 atom stereocenters. The van der Waals surface area contributed by atoms with E-state index in [2.05, 4.69) is 0 Å². The van der Waals surface area contributed by atoms with E-state index < -0.39 is 0 Å². The zero-order chi connectivity index (χ0) is 16.4. The van der Waals surface area contributed by atoms with Gasteiger partial charge < -0.3 is 9.64 Å². The molecule has 5 heteroatoms. The van der Waals surface area contributed by atoms with Gasteiger partial charge in [0, 0.05) is 43.3 Å². The highest BCUT2D eigenvalue weighted by atomic mass is 16.5. The lowest BCUT2D eigenvalue weighted by Crippen LogP contribution is -2.54. The van der Waals surface area contributed by atoms with E-state index in [-0.39, 0.29) is 35.9 Å². The van der Waals surface area contributed by atoms with Crippen LogP contribution >= 0.6 is 0 Å². The van der Waals surface area contributed by atoms with Crippen molar-refractivity contribution in [3.05, 3.63) is 29.8 Å². The smallest absolute Gasteiger partial charge is 0.222 e. The molecular formula is C18H21NO4. The minimum absolute atomic E-state index is 0.0501. The minimum atomic E-state index is -0.359. The maximum atomic E-state index is 12.5. The maximum absolute atomic E-state index is 12.5. The van der Waals surface area contributed by atoms with Crippen LogP contribution in [0.3, 0.4) is 0 Å². The summed E-state index contributed by atoms with van der Waals surface area (Å²) in [7, 11) is 1.58. The number of nitrogens with zero attached hydrogens (tertiary/aromatic N) is 1. The molecule has 2 saturated heterocycles. The number of methoxy groups -OCH3 is 1. The molecule has 0 spiro atoms. The van der Waals surface area contributed by atoms with Crippen molar-refractivity contribution in [2.75, 3.05) is 13.7 Å². The first kappa shape index (κ1) is 15.7. The van der Waals surface area contributed by atoms with E-state index in [0.29, 0.717) is 30.7 Å². The molecule has 1 amide bonds. The second-order valence-electron chi connectivity index (χ2n) is 6.23. The van der Waals surface area contributed by atoms with E-state index in [0.717, 1.165) is 12.8 Å². The number of carbonyl (C=O) groups is 3. The molecule has 2 fully saturated rings. The molecule has 2 aliphatic rings. The quantitative estimate of drug-likeness (QED) is 0.799.